The largest absolute Gasteiger partial charge is 0.459 e. The van der Waals surface area contributed by atoms with Gasteiger partial charge in [-0.15, -0.1) is 0 Å². The molecule has 1 aliphatic rings. The standard InChI is InChI=1S/C10H16O4/c1-3-4-13-6-8-5-9(7(2)11)10(12)14-8/h8-9H,3-6H2,1-2H3/t8-,9+/m1/s1. The molecule has 0 aliphatic carbocycles. The van der Waals surface area contributed by atoms with Crippen LogP contribution in [0.3, 0.4) is 0 Å². The van der Waals surface area contributed by atoms with Crippen molar-refractivity contribution in [2.45, 2.75) is 32.8 Å². The maximum Gasteiger partial charge on any atom is 0.316 e. The lowest BCUT2D eigenvalue weighted by molar-refractivity contribution is -0.147. The Labute approximate surface area is 83.6 Å². The minimum Gasteiger partial charge on any atom is -0.459 e. The molecule has 4 nitrogen and oxygen atoms in total. The van der Waals surface area contributed by atoms with E-state index < -0.39 is 11.9 Å². The highest BCUT2D eigenvalue weighted by atomic mass is 16.6. The topological polar surface area (TPSA) is 52.6 Å². The normalized spacial score (nSPS) is 26.3. The van der Waals surface area contributed by atoms with E-state index in [9.17, 15) is 9.59 Å². The summed E-state index contributed by atoms with van der Waals surface area (Å²) in [6.45, 7) is 4.50. The molecule has 0 bridgehead atoms. The van der Waals surface area contributed by atoms with E-state index in [1.807, 2.05) is 6.92 Å². The maximum absolute atomic E-state index is 11.2. The average molecular weight is 200 g/mol. The second kappa shape index (κ2) is 5.10. The monoisotopic (exact) mass is 200 g/mol. The van der Waals surface area contributed by atoms with E-state index in [0.29, 0.717) is 19.6 Å². The zero-order valence-corrected chi connectivity index (χ0v) is 8.62. The van der Waals surface area contributed by atoms with Crippen LogP contribution in [0.1, 0.15) is 26.7 Å². The van der Waals surface area contributed by atoms with E-state index in [1.54, 1.807) is 0 Å². The third-order valence-electron chi connectivity index (χ3n) is 2.21. The molecule has 0 aromatic carbocycles. The van der Waals surface area contributed by atoms with Crippen LogP contribution in [-0.4, -0.2) is 31.1 Å². The Bertz CT molecular complexity index is 224. The zero-order valence-electron chi connectivity index (χ0n) is 8.62. The first-order chi connectivity index (χ1) is 6.65. The molecule has 0 radical (unpaired) electrons. The molecule has 0 N–H and O–H groups in total. The molecule has 1 aliphatic heterocycles. The van der Waals surface area contributed by atoms with E-state index in [2.05, 4.69) is 0 Å². The third kappa shape index (κ3) is 2.80. The molecule has 1 heterocycles. The van der Waals surface area contributed by atoms with Crippen LogP contribution < -0.4 is 0 Å². The number of carbonyl (C=O) groups excluding carboxylic acids is 2. The smallest absolute Gasteiger partial charge is 0.316 e. The van der Waals surface area contributed by atoms with Crippen molar-refractivity contribution in [2.24, 2.45) is 5.92 Å². The molecular weight excluding hydrogens is 184 g/mol. The molecule has 0 aromatic heterocycles. The van der Waals surface area contributed by atoms with E-state index >= 15 is 0 Å². The van der Waals surface area contributed by atoms with E-state index in [4.69, 9.17) is 9.47 Å². The van der Waals surface area contributed by atoms with Gasteiger partial charge < -0.3 is 9.47 Å². The summed E-state index contributed by atoms with van der Waals surface area (Å²) in [5.74, 6) is -1.08. The number of rotatable bonds is 5. The van der Waals surface area contributed by atoms with Gasteiger partial charge in [-0.2, -0.15) is 0 Å². The lowest BCUT2D eigenvalue weighted by Crippen LogP contribution is -2.16. The Balaban J connectivity index is 2.31. The van der Waals surface area contributed by atoms with Crippen LogP contribution in [0.4, 0.5) is 0 Å². The highest BCUT2D eigenvalue weighted by Gasteiger charge is 2.37. The van der Waals surface area contributed by atoms with Crippen molar-refractivity contribution in [2.75, 3.05) is 13.2 Å². The Hall–Kier alpha value is -0.900. The van der Waals surface area contributed by atoms with Crippen molar-refractivity contribution in [3.63, 3.8) is 0 Å². The molecule has 0 spiro atoms. The van der Waals surface area contributed by atoms with Gasteiger partial charge in [-0.25, -0.2) is 0 Å². The highest BCUT2D eigenvalue weighted by Crippen LogP contribution is 2.22. The van der Waals surface area contributed by atoms with Crippen molar-refractivity contribution in [1.29, 1.82) is 0 Å². The first kappa shape index (κ1) is 11.2. The molecule has 1 saturated heterocycles. The molecule has 80 valence electrons. The molecule has 14 heavy (non-hydrogen) atoms. The number of hydrogen-bond donors (Lipinski definition) is 0. The van der Waals surface area contributed by atoms with Crippen LogP contribution in [0.25, 0.3) is 0 Å². The van der Waals surface area contributed by atoms with Gasteiger partial charge in [-0.3, -0.25) is 9.59 Å². The van der Waals surface area contributed by atoms with E-state index in [1.165, 1.54) is 6.92 Å². The van der Waals surface area contributed by atoms with Gasteiger partial charge in [0.25, 0.3) is 0 Å². The summed E-state index contributed by atoms with van der Waals surface area (Å²) in [4.78, 5) is 22.2. The molecular formula is C10H16O4. The number of ether oxygens (including phenoxy) is 2. The molecule has 0 saturated carbocycles. The van der Waals surface area contributed by atoms with Gasteiger partial charge in [-0.05, 0) is 13.3 Å². The fourth-order valence-corrected chi connectivity index (χ4v) is 1.45. The van der Waals surface area contributed by atoms with Gasteiger partial charge in [0.15, 0.2) is 0 Å². The van der Waals surface area contributed by atoms with Crippen LogP contribution in [0.15, 0.2) is 0 Å². The predicted molar refractivity (Wildman–Crippen MR) is 49.8 cm³/mol. The molecule has 0 aromatic rings. The summed E-state index contributed by atoms with van der Waals surface area (Å²) in [5, 5.41) is 0. The van der Waals surface area contributed by atoms with Gasteiger partial charge in [0.1, 0.15) is 17.8 Å². The Morgan fingerprint density at radius 3 is 2.86 bits per heavy atom. The van der Waals surface area contributed by atoms with Gasteiger partial charge in [0, 0.05) is 13.0 Å². The van der Waals surface area contributed by atoms with E-state index in [-0.39, 0.29) is 11.9 Å². The minimum atomic E-state index is -0.565. The summed E-state index contributed by atoms with van der Waals surface area (Å²) in [6, 6.07) is 0. The number of hydrogen-bond acceptors (Lipinski definition) is 4. The predicted octanol–water partition coefficient (Wildman–Crippen LogP) is 0.934. The first-order valence-electron chi connectivity index (χ1n) is 4.93. The molecule has 4 heteroatoms. The third-order valence-corrected chi connectivity index (χ3v) is 2.21. The van der Waals surface area contributed by atoms with Crippen molar-refractivity contribution >= 4 is 11.8 Å². The lowest BCUT2D eigenvalue weighted by atomic mass is 10.0. The van der Waals surface area contributed by atoms with Gasteiger partial charge in [0.2, 0.25) is 0 Å². The van der Waals surface area contributed by atoms with Crippen LogP contribution in [0, 0.1) is 5.92 Å². The van der Waals surface area contributed by atoms with Crippen molar-refractivity contribution in [1.82, 2.24) is 0 Å². The zero-order chi connectivity index (χ0) is 10.6. The Morgan fingerprint density at radius 2 is 2.36 bits per heavy atom. The lowest BCUT2D eigenvalue weighted by Gasteiger charge is -2.08. The fourth-order valence-electron chi connectivity index (χ4n) is 1.45. The second-order valence-corrected chi connectivity index (χ2v) is 3.53. The summed E-state index contributed by atoms with van der Waals surface area (Å²) < 4.78 is 10.3. The van der Waals surface area contributed by atoms with Crippen LogP contribution >= 0.6 is 0 Å². The number of ketones is 1. The molecule has 1 rings (SSSR count). The summed E-state index contributed by atoms with van der Waals surface area (Å²) in [6.07, 6.45) is 1.18. The Kier molecular flexibility index (Phi) is 4.07. The summed E-state index contributed by atoms with van der Waals surface area (Å²) >= 11 is 0. The molecule has 0 unspecified atom stereocenters. The van der Waals surface area contributed by atoms with Crippen LogP contribution in [0.5, 0.6) is 0 Å². The van der Waals surface area contributed by atoms with Crippen molar-refractivity contribution < 1.29 is 19.1 Å². The summed E-state index contributed by atoms with van der Waals surface area (Å²) in [7, 11) is 0. The SMILES string of the molecule is CCCOC[C@H]1C[C@@H](C(C)=O)C(=O)O1. The average Bonchev–Trinajstić information content (AvgIpc) is 2.47. The number of carbonyl (C=O) groups is 2. The second-order valence-electron chi connectivity index (χ2n) is 3.53. The van der Waals surface area contributed by atoms with E-state index in [0.717, 1.165) is 6.42 Å². The minimum absolute atomic E-state index is 0.118. The number of Topliss-reactive ketones (excluding diaryl/α,β-unsaturated/α-hetero) is 1. The van der Waals surface area contributed by atoms with Gasteiger partial charge in [0.05, 0.1) is 6.61 Å². The van der Waals surface area contributed by atoms with Crippen LogP contribution in [0.2, 0.25) is 0 Å². The van der Waals surface area contributed by atoms with Crippen molar-refractivity contribution in [3.8, 4) is 0 Å². The van der Waals surface area contributed by atoms with Crippen molar-refractivity contribution in [3.05, 3.63) is 0 Å². The van der Waals surface area contributed by atoms with Gasteiger partial charge >= 0.3 is 5.97 Å². The van der Waals surface area contributed by atoms with Gasteiger partial charge in [-0.1, -0.05) is 6.92 Å². The number of esters is 1. The molecule has 1 fully saturated rings. The quantitative estimate of drug-likeness (QED) is 0.376. The first-order valence-corrected chi connectivity index (χ1v) is 4.93. The fraction of sp³-hybridized carbons (Fsp3) is 0.800. The number of cyclic esters (lactones) is 1. The van der Waals surface area contributed by atoms with Crippen LogP contribution in [-0.2, 0) is 19.1 Å². The molecule has 0 amide bonds. The summed E-state index contributed by atoms with van der Waals surface area (Å²) in [5.41, 5.74) is 0. The highest BCUT2D eigenvalue weighted by molar-refractivity contribution is 5.98. The molecule has 2 atom stereocenters. The maximum atomic E-state index is 11.2. The Morgan fingerprint density at radius 1 is 1.64 bits per heavy atom.